The molecule has 7 heteroatoms. The molecule has 1 aromatic rings. The number of rotatable bonds is 7. The highest BCUT2D eigenvalue weighted by atomic mass is 32.2. The van der Waals surface area contributed by atoms with Crippen molar-refractivity contribution >= 4 is 10.0 Å². The van der Waals surface area contributed by atoms with E-state index in [9.17, 15) is 8.42 Å². The maximum Gasteiger partial charge on any atom is 0.244 e. The average Bonchev–Trinajstić information content (AvgIpc) is 2.35. The Hall–Kier alpha value is -1.02. The maximum atomic E-state index is 12.2. The van der Waals surface area contributed by atoms with Gasteiger partial charge in [0.05, 0.1) is 6.61 Å². The highest BCUT2D eigenvalue weighted by Gasteiger charge is 2.23. The van der Waals surface area contributed by atoms with Crippen LogP contribution in [0.15, 0.2) is 29.4 Å². The molecule has 0 aliphatic rings. The Labute approximate surface area is 101 Å². The van der Waals surface area contributed by atoms with Gasteiger partial charge in [0.1, 0.15) is 4.90 Å². The minimum absolute atomic E-state index is 0.171. The second-order valence-corrected chi connectivity index (χ2v) is 5.31. The summed E-state index contributed by atoms with van der Waals surface area (Å²) in [6.07, 6.45) is 2.85. The van der Waals surface area contributed by atoms with Crippen molar-refractivity contribution in [2.45, 2.75) is 4.90 Å². The average molecular weight is 259 g/mol. The number of sulfonamides is 1. The number of ether oxygens (including phenoxy) is 1. The molecule has 0 spiro atoms. The molecule has 2 N–H and O–H groups in total. The SMILES string of the molecule is COCCN(CCN)S(=O)(=O)c1cccnc1. The lowest BCUT2D eigenvalue weighted by atomic mass is 10.5. The molecular weight excluding hydrogens is 242 g/mol. The monoisotopic (exact) mass is 259 g/mol. The van der Waals surface area contributed by atoms with E-state index < -0.39 is 10.0 Å². The number of hydrogen-bond acceptors (Lipinski definition) is 5. The molecule has 1 aromatic heterocycles. The molecule has 0 radical (unpaired) electrons. The van der Waals surface area contributed by atoms with E-state index in [0.29, 0.717) is 6.61 Å². The topological polar surface area (TPSA) is 85.5 Å². The normalized spacial score (nSPS) is 11.9. The lowest BCUT2D eigenvalue weighted by Crippen LogP contribution is -2.37. The van der Waals surface area contributed by atoms with Gasteiger partial charge >= 0.3 is 0 Å². The van der Waals surface area contributed by atoms with Gasteiger partial charge in [0.25, 0.3) is 0 Å². The van der Waals surface area contributed by atoms with Crippen molar-refractivity contribution in [1.29, 1.82) is 0 Å². The van der Waals surface area contributed by atoms with Gasteiger partial charge in [0.15, 0.2) is 0 Å². The summed E-state index contributed by atoms with van der Waals surface area (Å²) < 4.78 is 30.6. The van der Waals surface area contributed by atoms with Gasteiger partial charge in [-0.05, 0) is 12.1 Å². The number of aromatic nitrogens is 1. The van der Waals surface area contributed by atoms with Gasteiger partial charge < -0.3 is 10.5 Å². The Morgan fingerprint density at radius 3 is 2.76 bits per heavy atom. The van der Waals surface area contributed by atoms with Crippen molar-refractivity contribution in [3.8, 4) is 0 Å². The lowest BCUT2D eigenvalue weighted by molar-refractivity contribution is 0.179. The molecule has 17 heavy (non-hydrogen) atoms. The highest BCUT2D eigenvalue weighted by molar-refractivity contribution is 7.89. The van der Waals surface area contributed by atoms with Crippen LogP contribution in [0.1, 0.15) is 0 Å². The Bertz CT molecular complexity index is 422. The van der Waals surface area contributed by atoms with Gasteiger partial charge in [-0.2, -0.15) is 4.31 Å². The highest BCUT2D eigenvalue weighted by Crippen LogP contribution is 2.13. The molecule has 0 saturated carbocycles. The first-order valence-electron chi connectivity index (χ1n) is 5.22. The molecule has 0 amide bonds. The zero-order valence-corrected chi connectivity index (χ0v) is 10.6. The third-order valence-corrected chi connectivity index (χ3v) is 4.08. The van der Waals surface area contributed by atoms with Crippen molar-refractivity contribution in [2.24, 2.45) is 5.73 Å². The van der Waals surface area contributed by atoms with Crippen LogP contribution in [0.4, 0.5) is 0 Å². The van der Waals surface area contributed by atoms with E-state index in [-0.39, 0.29) is 24.5 Å². The molecule has 6 nitrogen and oxygen atoms in total. The van der Waals surface area contributed by atoms with Crippen LogP contribution in [0.5, 0.6) is 0 Å². The summed E-state index contributed by atoms with van der Waals surface area (Å²) in [4.78, 5) is 3.98. The predicted molar refractivity (Wildman–Crippen MR) is 63.9 cm³/mol. The molecule has 1 heterocycles. The number of hydrogen-bond donors (Lipinski definition) is 1. The molecule has 0 aliphatic carbocycles. The van der Waals surface area contributed by atoms with Crippen LogP contribution in [0, 0.1) is 0 Å². The van der Waals surface area contributed by atoms with E-state index in [1.165, 1.54) is 29.9 Å². The fourth-order valence-corrected chi connectivity index (χ4v) is 2.74. The summed E-state index contributed by atoms with van der Waals surface area (Å²) in [5.74, 6) is 0. The molecule has 0 bridgehead atoms. The van der Waals surface area contributed by atoms with E-state index in [0.717, 1.165) is 0 Å². The fourth-order valence-electron chi connectivity index (χ4n) is 1.34. The Morgan fingerprint density at radius 1 is 1.47 bits per heavy atom. The Balaban J connectivity index is 2.92. The van der Waals surface area contributed by atoms with Gasteiger partial charge in [-0.3, -0.25) is 4.98 Å². The first-order chi connectivity index (χ1) is 8.12. The molecule has 0 unspecified atom stereocenters. The zero-order valence-electron chi connectivity index (χ0n) is 9.74. The van der Waals surface area contributed by atoms with Crippen LogP contribution in [0.2, 0.25) is 0 Å². The van der Waals surface area contributed by atoms with E-state index in [4.69, 9.17) is 10.5 Å². The first kappa shape index (κ1) is 14.0. The van der Waals surface area contributed by atoms with Crippen LogP contribution in [-0.2, 0) is 14.8 Å². The minimum Gasteiger partial charge on any atom is -0.383 e. The number of nitrogens with zero attached hydrogens (tertiary/aromatic N) is 2. The molecule has 96 valence electrons. The summed E-state index contributed by atoms with van der Waals surface area (Å²) in [6.45, 7) is 1.15. The quantitative estimate of drug-likeness (QED) is 0.725. The first-order valence-corrected chi connectivity index (χ1v) is 6.66. The van der Waals surface area contributed by atoms with E-state index in [1.807, 2.05) is 0 Å². The summed E-state index contributed by atoms with van der Waals surface area (Å²) in [7, 11) is -2.00. The van der Waals surface area contributed by atoms with Crippen molar-refractivity contribution in [3.63, 3.8) is 0 Å². The molecule has 0 aliphatic heterocycles. The Morgan fingerprint density at radius 2 is 2.24 bits per heavy atom. The maximum absolute atomic E-state index is 12.2. The summed E-state index contributed by atoms with van der Waals surface area (Å²) in [5.41, 5.74) is 5.41. The predicted octanol–water partition coefficient (Wildman–Crippen LogP) is -0.323. The van der Waals surface area contributed by atoms with Crippen LogP contribution < -0.4 is 5.73 Å². The second-order valence-electron chi connectivity index (χ2n) is 3.37. The second kappa shape index (κ2) is 6.65. The molecule has 0 atom stereocenters. The lowest BCUT2D eigenvalue weighted by Gasteiger charge is -2.20. The third-order valence-electron chi connectivity index (χ3n) is 2.20. The third kappa shape index (κ3) is 3.74. The summed E-state index contributed by atoms with van der Waals surface area (Å²) in [6, 6.07) is 3.10. The number of nitrogens with two attached hydrogens (primary N) is 1. The smallest absolute Gasteiger partial charge is 0.244 e. The van der Waals surface area contributed by atoms with Gasteiger partial charge in [-0.1, -0.05) is 0 Å². The van der Waals surface area contributed by atoms with Crippen molar-refractivity contribution in [1.82, 2.24) is 9.29 Å². The van der Waals surface area contributed by atoms with Crippen LogP contribution in [0.3, 0.4) is 0 Å². The molecular formula is C10H17N3O3S. The largest absolute Gasteiger partial charge is 0.383 e. The summed E-state index contributed by atoms with van der Waals surface area (Å²) in [5, 5.41) is 0. The van der Waals surface area contributed by atoms with Gasteiger partial charge in [0.2, 0.25) is 10.0 Å². The van der Waals surface area contributed by atoms with Crippen LogP contribution in [0.25, 0.3) is 0 Å². The fraction of sp³-hybridized carbons (Fsp3) is 0.500. The Kier molecular flexibility index (Phi) is 5.49. The zero-order chi connectivity index (χ0) is 12.7. The van der Waals surface area contributed by atoms with Crippen molar-refractivity contribution in [2.75, 3.05) is 33.4 Å². The van der Waals surface area contributed by atoms with Gasteiger partial charge in [0, 0.05) is 39.1 Å². The molecule has 0 fully saturated rings. The van der Waals surface area contributed by atoms with Gasteiger partial charge in [-0.15, -0.1) is 0 Å². The molecule has 0 aromatic carbocycles. The van der Waals surface area contributed by atoms with Crippen LogP contribution >= 0.6 is 0 Å². The molecule has 0 saturated heterocycles. The van der Waals surface area contributed by atoms with Crippen LogP contribution in [-0.4, -0.2) is 51.1 Å². The number of pyridine rings is 1. The number of methoxy groups -OCH3 is 1. The standard InChI is InChI=1S/C10H17N3O3S/c1-16-8-7-13(6-4-11)17(14,15)10-3-2-5-12-9-10/h2-3,5,9H,4,6-8,11H2,1H3. The van der Waals surface area contributed by atoms with Gasteiger partial charge in [-0.25, -0.2) is 8.42 Å². The summed E-state index contributed by atoms with van der Waals surface area (Å²) >= 11 is 0. The van der Waals surface area contributed by atoms with E-state index >= 15 is 0 Å². The van der Waals surface area contributed by atoms with Crippen molar-refractivity contribution < 1.29 is 13.2 Å². The minimum atomic E-state index is -3.52. The van der Waals surface area contributed by atoms with E-state index in [1.54, 1.807) is 6.07 Å². The van der Waals surface area contributed by atoms with Crippen molar-refractivity contribution in [3.05, 3.63) is 24.5 Å². The molecule has 1 rings (SSSR count). The van der Waals surface area contributed by atoms with E-state index in [2.05, 4.69) is 4.98 Å².